The topological polar surface area (TPSA) is 98.7 Å². The summed E-state index contributed by atoms with van der Waals surface area (Å²) in [5, 5.41) is 12.4. The van der Waals surface area contributed by atoms with Gasteiger partial charge in [0.25, 0.3) is 5.91 Å². The van der Waals surface area contributed by atoms with Gasteiger partial charge in [0.15, 0.2) is 11.6 Å². The minimum absolute atomic E-state index is 0.0941. The molecule has 0 bridgehead atoms. The second kappa shape index (κ2) is 9.71. The maximum absolute atomic E-state index is 12.7. The van der Waals surface area contributed by atoms with Crippen LogP contribution in [-0.4, -0.2) is 82.9 Å². The molecule has 10 nitrogen and oxygen atoms in total. The number of ether oxygens (including phenoxy) is 2. The van der Waals surface area contributed by atoms with E-state index < -0.39 is 0 Å². The largest absolute Gasteiger partial charge is 0.496 e. The van der Waals surface area contributed by atoms with Crippen molar-refractivity contribution in [3.05, 3.63) is 59.8 Å². The minimum Gasteiger partial charge on any atom is -0.496 e. The molecular formula is C21H26N6O4. The standard InChI is InChI=1S/C21H26N6O4/c1-29-15-13-27-20(22-23-24-27)19(16-6-3-4-7-17(16)30-2)25-9-11-26(12-10-25)21(28)18-8-5-14-31-18/h3-8,14,19H,9-13,15H2,1-2H3/t19-/m0/s1. The highest BCUT2D eigenvalue weighted by Gasteiger charge is 2.33. The SMILES string of the molecule is COCCn1nnnc1[C@H](c1ccccc1OC)N1CCN(C(=O)c2ccco2)CC1. The van der Waals surface area contributed by atoms with Crippen molar-refractivity contribution in [2.75, 3.05) is 47.0 Å². The van der Waals surface area contributed by atoms with Gasteiger partial charge in [-0.1, -0.05) is 18.2 Å². The second-order valence-electron chi connectivity index (χ2n) is 7.20. The molecule has 1 aliphatic heterocycles. The Bertz CT molecular complexity index is 981. The van der Waals surface area contributed by atoms with Crippen LogP contribution in [0.2, 0.25) is 0 Å². The van der Waals surface area contributed by atoms with E-state index in [4.69, 9.17) is 13.9 Å². The lowest BCUT2D eigenvalue weighted by Gasteiger charge is -2.38. The highest BCUT2D eigenvalue weighted by atomic mass is 16.5. The number of rotatable bonds is 8. The van der Waals surface area contributed by atoms with Crippen molar-refractivity contribution in [1.82, 2.24) is 30.0 Å². The third-order valence-corrected chi connectivity index (χ3v) is 5.44. The smallest absolute Gasteiger partial charge is 0.289 e. The quantitative estimate of drug-likeness (QED) is 0.534. The molecule has 4 rings (SSSR count). The van der Waals surface area contributed by atoms with Crippen LogP contribution < -0.4 is 4.74 Å². The van der Waals surface area contributed by atoms with Crippen LogP contribution in [0, 0.1) is 0 Å². The highest BCUT2D eigenvalue weighted by molar-refractivity contribution is 5.91. The summed E-state index contributed by atoms with van der Waals surface area (Å²) in [5.41, 5.74) is 0.976. The fourth-order valence-corrected chi connectivity index (χ4v) is 3.88. The van der Waals surface area contributed by atoms with E-state index in [-0.39, 0.29) is 11.9 Å². The van der Waals surface area contributed by atoms with Crippen LogP contribution in [0.4, 0.5) is 0 Å². The summed E-state index contributed by atoms with van der Waals surface area (Å²) in [6.07, 6.45) is 1.51. The Morgan fingerprint density at radius 3 is 2.65 bits per heavy atom. The molecule has 0 radical (unpaired) electrons. The molecule has 0 N–H and O–H groups in total. The van der Waals surface area contributed by atoms with Crippen LogP contribution in [0.3, 0.4) is 0 Å². The Morgan fingerprint density at radius 2 is 1.94 bits per heavy atom. The number of nitrogens with zero attached hydrogens (tertiary/aromatic N) is 6. The normalized spacial score (nSPS) is 15.7. The predicted molar refractivity (Wildman–Crippen MR) is 111 cm³/mol. The van der Waals surface area contributed by atoms with Gasteiger partial charge in [-0.2, -0.15) is 0 Å². The van der Waals surface area contributed by atoms with Crippen LogP contribution in [0.15, 0.2) is 47.1 Å². The second-order valence-corrected chi connectivity index (χ2v) is 7.20. The molecule has 1 aliphatic rings. The van der Waals surface area contributed by atoms with Crippen LogP contribution >= 0.6 is 0 Å². The van der Waals surface area contributed by atoms with Gasteiger partial charge in [-0.3, -0.25) is 9.69 Å². The molecule has 2 aromatic heterocycles. The van der Waals surface area contributed by atoms with Crippen LogP contribution in [-0.2, 0) is 11.3 Å². The Balaban J connectivity index is 1.60. The Labute approximate surface area is 180 Å². The summed E-state index contributed by atoms with van der Waals surface area (Å²) in [7, 11) is 3.31. The van der Waals surface area contributed by atoms with Gasteiger partial charge >= 0.3 is 0 Å². The van der Waals surface area contributed by atoms with Crippen molar-refractivity contribution < 1.29 is 18.7 Å². The molecule has 0 unspecified atom stereocenters. The van der Waals surface area contributed by atoms with Crippen molar-refractivity contribution in [3.8, 4) is 5.75 Å². The van der Waals surface area contributed by atoms with Gasteiger partial charge in [-0.25, -0.2) is 4.68 Å². The lowest BCUT2D eigenvalue weighted by atomic mass is 10.0. The van der Waals surface area contributed by atoms with Gasteiger partial charge in [-0.15, -0.1) is 5.10 Å². The lowest BCUT2D eigenvalue weighted by Crippen LogP contribution is -2.50. The molecule has 31 heavy (non-hydrogen) atoms. The number of tetrazole rings is 1. The van der Waals surface area contributed by atoms with Gasteiger partial charge in [0, 0.05) is 38.9 Å². The number of benzene rings is 1. The molecule has 1 saturated heterocycles. The molecule has 3 heterocycles. The fraction of sp³-hybridized carbons (Fsp3) is 0.429. The number of para-hydroxylation sites is 1. The zero-order valence-electron chi connectivity index (χ0n) is 17.7. The molecular weight excluding hydrogens is 400 g/mol. The molecule has 0 saturated carbocycles. The number of hydrogen-bond acceptors (Lipinski definition) is 8. The predicted octanol–water partition coefficient (Wildman–Crippen LogP) is 1.47. The third-order valence-electron chi connectivity index (χ3n) is 5.44. The molecule has 1 fully saturated rings. The molecule has 1 amide bonds. The first-order valence-corrected chi connectivity index (χ1v) is 10.2. The first-order chi connectivity index (χ1) is 15.2. The number of carbonyl (C=O) groups is 1. The molecule has 1 aromatic carbocycles. The highest BCUT2D eigenvalue weighted by Crippen LogP contribution is 2.34. The van der Waals surface area contributed by atoms with Crippen molar-refractivity contribution in [1.29, 1.82) is 0 Å². The summed E-state index contributed by atoms with van der Waals surface area (Å²) in [5.74, 6) is 1.75. The number of aromatic nitrogens is 4. The number of hydrogen-bond donors (Lipinski definition) is 0. The maximum Gasteiger partial charge on any atom is 0.289 e. The van der Waals surface area contributed by atoms with E-state index in [0.717, 1.165) is 11.3 Å². The number of furan rings is 1. The first-order valence-electron chi connectivity index (χ1n) is 10.2. The van der Waals surface area contributed by atoms with E-state index >= 15 is 0 Å². The summed E-state index contributed by atoms with van der Waals surface area (Å²) in [6.45, 7) is 3.51. The van der Waals surface area contributed by atoms with Gasteiger partial charge in [0.1, 0.15) is 11.8 Å². The molecule has 1 atom stereocenters. The van der Waals surface area contributed by atoms with Gasteiger partial charge in [-0.05, 0) is 28.6 Å². The summed E-state index contributed by atoms with van der Waals surface area (Å²) >= 11 is 0. The van der Waals surface area contributed by atoms with E-state index in [1.165, 1.54) is 6.26 Å². The zero-order valence-corrected chi connectivity index (χ0v) is 17.7. The van der Waals surface area contributed by atoms with Crippen LogP contribution in [0.25, 0.3) is 0 Å². The number of methoxy groups -OCH3 is 2. The Kier molecular flexibility index (Phi) is 6.58. The monoisotopic (exact) mass is 426 g/mol. The van der Waals surface area contributed by atoms with Gasteiger partial charge in [0.2, 0.25) is 0 Å². The van der Waals surface area contributed by atoms with Crippen molar-refractivity contribution in [2.45, 2.75) is 12.6 Å². The average molecular weight is 426 g/mol. The van der Waals surface area contributed by atoms with E-state index in [0.29, 0.717) is 50.9 Å². The number of amides is 1. The fourth-order valence-electron chi connectivity index (χ4n) is 3.88. The molecule has 0 spiro atoms. The van der Waals surface area contributed by atoms with Crippen molar-refractivity contribution >= 4 is 5.91 Å². The van der Waals surface area contributed by atoms with E-state index in [1.54, 1.807) is 31.0 Å². The first kappa shape index (κ1) is 21.0. The number of carbonyl (C=O) groups excluding carboxylic acids is 1. The molecule has 10 heteroatoms. The van der Waals surface area contributed by atoms with E-state index in [2.05, 4.69) is 20.4 Å². The molecule has 3 aromatic rings. The van der Waals surface area contributed by atoms with E-state index in [9.17, 15) is 4.79 Å². The van der Waals surface area contributed by atoms with Crippen LogP contribution in [0.5, 0.6) is 5.75 Å². The van der Waals surface area contributed by atoms with Crippen molar-refractivity contribution in [3.63, 3.8) is 0 Å². The average Bonchev–Trinajstić information content (AvgIpc) is 3.51. The number of piperazine rings is 1. The molecule has 164 valence electrons. The van der Waals surface area contributed by atoms with Gasteiger partial charge in [0.05, 0.1) is 26.5 Å². The lowest BCUT2D eigenvalue weighted by molar-refractivity contribution is 0.0556. The third kappa shape index (κ3) is 4.44. The van der Waals surface area contributed by atoms with Crippen molar-refractivity contribution in [2.24, 2.45) is 0 Å². The van der Waals surface area contributed by atoms with E-state index in [1.807, 2.05) is 29.2 Å². The van der Waals surface area contributed by atoms with Crippen LogP contribution in [0.1, 0.15) is 28.0 Å². The molecule has 0 aliphatic carbocycles. The minimum atomic E-state index is -0.219. The maximum atomic E-state index is 12.7. The summed E-state index contributed by atoms with van der Waals surface area (Å²) in [6, 6.07) is 11.1. The summed E-state index contributed by atoms with van der Waals surface area (Å²) in [4.78, 5) is 16.7. The summed E-state index contributed by atoms with van der Waals surface area (Å²) < 4.78 is 17.9. The van der Waals surface area contributed by atoms with Gasteiger partial charge < -0.3 is 18.8 Å². The Hall–Kier alpha value is -3.24. The zero-order chi connectivity index (χ0) is 21.6. The Morgan fingerprint density at radius 1 is 1.13 bits per heavy atom.